The number of amides is 4. The lowest BCUT2D eigenvalue weighted by Crippen LogP contribution is -2.65. The van der Waals surface area contributed by atoms with Gasteiger partial charge in [0.1, 0.15) is 66.5 Å². The van der Waals surface area contributed by atoms with Crippen molar-refractivity contribution in [3.8, 4) is 0 Å². The number of hydrogen-bond donors (Lipinski definition) is 16. The molecule has 4 aliphatic rings. The molecular formula is C65H81N7O31S3. The molecule has 41 heteroatoms. The maximum atomic E-state index is 14.5. The number of hydrogen-bond acceptors (Lipinski definition) is 28. The summed E-state index contributed by atoms with van der Waals surface area (Å²) in [4.78, 5) is 108. The first-order chi connectivity index (χ1) is 50.1. The van der Waals surface area contributed by atoms with Crippen molar-refractivity contribution in [3.63, 3.8) is 0 Å². The molecule has 0 bridgehead atoms. The fraction of sp³-hybridized carbons (Fsp3) is 0.508. The van der Waals surface area contributed by atoms with Crippen molar-refractivity contribution >= 4 is 88.1 Å². The zero-order valence-corrected chi connectivity index (χ0v) is 58.8. The average Bonchev–Trinajstić information content (AvgIpc) is 0.758. The number of benzene rings is 4. The van der Waals surface area contributed by atoms with Crippen LogP contribution in [-0.2, 0) is 94.0 Å². The molecular weight excluding hydrogens is 1470 g/mol. The molecule has 2 aliphatic heterocycles. The number of carboxylic acids is 1. The molecule has 0 spiro atoms. The van der Waals surface area contributed by atoms with E-state index in [1.54, 1.807) is 12.1 Å². The summed E-state index contributed by atoms with van der Waals surface area (Å²) < 4.78 is 151. The molecule has 16 N–H and O–H groups in total. The standard InChI is InChI=1S/C65H81N7O31S3/c1-32-52(77)54(79)55(80)63(98-32)103-56-42(70-60(82)43-27-48(74)72-65(86)71-43)23-37(24-44(56)100-64-58(102-62(85)35-12-6-3-7-13-35)57(53(78)46(29-73)101-64)99-45(61(83)84)20-33-9-4-2-5-10-33)59(81)67-16-15-66-49(75)30-96-17-18-97-31-50(76)69-38-14-8-11-34(19-38)28-68-41-25-39(104(87,88)89)21-36-22-40(105(90,91)92)26-47(51(36)41)106(93,94)95/h3,6-8,11-14,19,21-22,25-27,32-33,37,42,44-46,52-58,63-64,68,73,77-80H,2,4-5,9-10,15-18,20,23-24,28-31H2,1H3,(H,66,75)(H,67,81)(H,69,76)(H,70,82)(H,83,84)(H,87,88,89)(H,90,91,92)(H,93,94,95)(H2,71,72,74,86)/t32-,37+,42-,44?,45?,46+,52+,53-,54+,55-,56+,57-,58+,63-,64?/m0/s1. The topological polar surface area (TPSA) is 587 Å². The van der Waals surface area contributed by atoms with Crippen LogP contribution >= 0.6 is 0 Å². The molecule has 0 radical (unpaired) electrons. The molecule has 3 unspecified atom stereocenters. The minimum Gasteiger partial charge on any atom is -0.479 e. The second-order valence-corrected chi connectivity index (χ2v) is 29.8. The summed E-state index contributed by atoms with van der Waals surface area (Å²) in [5.41, 5.74) is -2.44. The number of rotatable bonds is 32. The molecule has 106 heavy (non-hydrogen) atoms. The lowest BCUT2D eigenvalue weighted by Gasteiger charge is -2.48. The van der Waals surface area contributed by atoms with Gasteiger partial charge in [-0.2, -0.15) is 25.3 Å². The second-order valence-electron chi connectivity index (χ2n) is 25.6. The van der Waals surface area contributed by atoms with Gasteiger partial charge in [-0.25, -0.2) is 14.4 Å². The van der Waals surface area contributed by atoms with Crippen molar-refractivity contribution in [2.45, 2.75) is 165 Å². The fourth-order valence-electron chi connectivity index (χ4n) is 12.7. The number of carbonyl (C=O) groups is 6. The van der Waals surface area contributed by atoms with E-state index in [-0.39, 0.29) is 62.1 Å². The van der Waals surface area contributed by atoms with E-state index in [0.29, 0.717) is 24.5 Å². The lowest BCUT2D eigenvalue weighted by molar-refractivity contribution is -0.347. The molecule has 38 nitrogen and oxygen atoms in total. The maximum absolute atomic E-state index is 14.5. The number of fused-ring (bicyclic) bond motifs is 1. The van der Waals surface area contributed by atoms with Gasteiger partial charge in [0.2, 0.25) is 17.7 Å². The fourth-order valence-corrected chi connectivity index (χ4v) is 14.7. The van der Waals surface area contributed by atoms with Gasteiger partial charge in [-0.05, 0) is 91.6 Å². The van der Waals surface area contributed by atoms with E-state index in [9.17, 15) is 108 Å². The van der Waals surface area contributed by atoms with Gasteiger partial charge < -0.3 is 100 Å². The van der Waals surface area contributed by atoms with Crippen molar-refractivity contribution in [1.29, 1.82) is 0 Å². The van der Waals surface area contributed by atoms with Crippen LogP contribution in [0.5, 0.6) is 0 Å². The molecule has 4 amide bonds. The molecule has 2 aliphatic carbocycles. The zero-order chi connectivity index (χ0) is 76.9. The third-order valence-corrected chi connectivity index (χ3v) is 20.5. The lowest BCUT2D eigenvalue weighted by atomic mass is 9.80. The van der Waals surface area contributed by atoms with E-state index in [1.165, 1.54) is 49.4 Å². The quantitative estimate of drug-likeness (QED) is 0.0135. The number of esters is 1. The Morgan fingerprint density at radius 1 is 0.679 bits per heavy atom. The number of ether oxygens (including phenoxy) is 8. The Kier molecular flexibility index (Phi) is 27.8. The minimum absolute atomic E-state index is 0.0295. The van der Waals surface area contributed by atoms with E-state index >= 15 is 0 Å². The van der Waals surface area contributed by atoms with Gasteiger partial charge in [0.05, 0.1) is 53.4 Å². The summed E-state index contributed by atoms with van der Waals surface area (Å²) in [7, 11) is -15.4. The largest absolute Gasteiger partial charge is 0.479 e. The highest BCUT2D eigenvalue weighted by Crippen LogP contribution is 2.40. The first-order valence-electron chi connectivity index (χ1n) is 33.3. The monoisotopic (exact) mass is 1550 g/mol. The number of aromatic amines is 2. The van der Waals surface area contributed by atoms with E-state index in [0.717, 1.165) is 43.5 Å². The molecule has 15 atom stereocenters. The number of carbonyl (C=O) groups excluding carboxylic acids is 5. The Hall–Kier alpha value is -8.31. The zero-order valence-electron chi connectivity index (χ0n) is 56.4. The summed E-state index contributed by atoms with van der Waals surface area (Å²) >= 11 is 0. The highest BCUT2D eigenvalue weighted by molar-refractivity contribution is 7.87. The van der Waals surface area contributed by atoms with Crippen LogP contribution < -0.4 is 37.8 Å². The maximum Gasteiger partial charge on any atom is 0.338 e. The van der Waals surface area contributed by atoms with Crippen molar-refractivity contribution in [2.75, 3.05) is 56.8 Å². The number of aliphatic carboxylic acids is 1. The van der Waals surface area contributed by atoms with E-state index in [2.05, 4.69) is 31.6 Å². The first-order valence-corrected chi connectivity index (χ1v) is 37.6. The second kappa shape index (κ2) is 36.1. The van der Waals surface area contributed by atoms with Crippen molar-refractivity contribution in [2.24, 2.45) is 11.8 Å². The molecule has 4 fully saturated rings. The number of H-pyrrole nitrogens is 2. The average molecular weight is 1550 g/mol. The molecule has 9 rings (SSSR count). The van der Waals surface area contributed by atoms with Crippen molar-refractivity contribution in [1.82, 2.24) is 25.9 Å². The number of carboxylic acid groups (broad SMARTS) is 1. The summed E-state index contributed by atoms with van der Waals surface area (Å²) in [6, 6.07) is 15.3. The van der Waals surface area contributed by atoms with Crippen molar-refractivity contribution < 1.29 is 136 Å². The Balaban J connectivity index is 0.845. The highest BCUT2D eigenvalue weighted by Gasteiger charge is 2.55. The van der Waals surface area contributed by atoms with E-state index < -0.39 is 233 Å². The Morgan fingerprint density at radius 2 is 1.35 bits per heavy atom. The van der Waals surface area contributed by atoms with Crippen LogP contribution in [0.15, 0.2) is 109 Å². The smallest absolute Gasteiger partial charge is 0.338 e. The summed E-state index contributed by atoms with van der Waals surface area (Å²) in [6.07, 6.45) is -19.9. The van der Waals surface area contributed by atoms with Crippen LogP contribution in [0.2, 0.25) is 0 Å². The van der Waals surface area contributed by atoms with Gasteiger partial charge >= 0.3 is 17.6 Å². The van der Waals surface area contributed by atoms with E-state index in [4.69, 9.17) is 37.9 Å². The molecule has 2 saturated carbocycles. The molecule has 1 aromatic heterocycles. The van der Waals surface area contributed by atoms with Crippen LogP contribution in [0, 0.1) is 11.8 Å². The van der Waals surface area contributed by atoms with Gasteiger partial charge in [0.15, 0.2) is 24.8 Å². The molecule has 2 saturated heterocycles. The predicted molar refractivity (Wildman–Crippen MR) is 362 cm³/mol. The molecule has 580 valence electrons. The van der Waals surface area contributed by atoms with Gasteiger partial charge in [0, 0.05) is 48.4 Å². The van der Waals surface area contributed by atoms with Gasteiger partial charge in [-0.3, -0.25) is 42.6 Å². The van der Waals surface area contributed by atoms with E-state index in [1.807, 2.05) is 4.98 Å². The van der Waals surface area contributed by atoms with Gasteiger partial charge in [-0.1, -0.05) is 62.4 Å². The minimum atomic E-state index is -5.24. The summed E-state index contributed by atoms with van der Waals surface area (Å²) in [6.45, 7) is -1.81. The Labute approximate surface area is 604 Å². The first kappa shape index (κ1) is 81.8. The van der Waals surface area contributed by atoms with Crippen LogP contribution in [0.1, 0.15) is 84.7 Å². The number of aliphatic hydroxyl groups is 5. The summed E-state index contributed by atoms with van der Waals surface area (Å²) in [5.74, 6) is -7.12. The number of anilines is 2. The third kappa shape index (κ3) is 21.7. The van der Waals surface area contributed by atoms with Crippen LogP contribution in [0.25, 0.3) is 10.8 Å². The molecule has 4 aromatic carbocycles. The predicted octanol–water partition coefficient (Wildman–Crippen LogP) is -1.31. The Morgan fingerprint density at radius 3 is 2.00 bits per heavy atom. The van der Waals surface area contributed by atoms with Crippen LogP contribution in [0.4, 0.5) is 11.4 Å². The third-order valence-electron chi connectivity index (χ3n) is 18.0. The van der Waals surface area contributed by atoms with Gasteiger partial charge in [-0.15, -0.1) is 0 Å². The van der Waals surface area contributed by atoms with Crippen LogP contribution in [-0.4, -0.2) is 247 Å². The number of aliphatic hydroxyl groups excluding tert-OH is 5. The Bertz CT molecular complexity index is 4420. The van der Waals surface area contributed by atoms with Crippen LogP contribution in [0.3, 0.4) is 0 Å². The normalized spacial score (nSPS) is 25.5. The molecule has 3 heterocycles. The number of aromatic nitrogens is 2. The van der Waals surface area contributed by atoms with Crippen molar-refractivity contribution in [3.05, 3.63) is 123 Å². The van der Waals surface area contributed by atoms with Gasteiger partial charge in [0.25, 0.3) is 41.8 Å². The summed E-state index contributed by atoms with van der Waals surface area (Å²) in [5, 5.41) is 78.4. The molecule has 5 aromatic rings. The number of nitrogens with one attached hydrogen (secondary N) is 7. The highest BCUT2D eigenvalue weighted by atomic mass is 32.2. The SMILES string of the molecule is C[C@@H]1O[C@@H](O[C@H]2C(OC3O[C@H](CO)[C@H](O)[C@H](OC(CC4CCCCC4)C(=O)O)[C@H]3OC(=O)c3ccccc3)C[C@H](C(=O)NCCNC(=O)COCCOCC(=O)Nc3cccc(CNc4cc(S(=O)(=O)O)cc5cc(S(=O)(=O)O)cc(S(=O)(=O)O)c45)c3)C[C@@H]2NC(=O)c2cc(=O)[nH]c(=O)[nH]2)[C@@H](O)[C@H](O)[C@@H]1O.